The second kappa shape index (κ2) is 5.51. The molecule has 1 atom stereocenters. The first-order valence-electron chi connectivity index (χ1n) is 4.82. The van der Waals surface area contributed by atoms with Crippen LogP contribution in [0.1, 0.15) is 20.3 Å². The Hall–Kier alpha value is -0.120. The van der Waals surface area contributed by atoms with E-state index in [-0.39, 0.29) is 6.29 Å². The molecule has 3 heteroatoms. The molecule has 1 saturated heterocycles. The van der Waals surface area contributed by atoms with E-state index in [1.807, 2.05) is 13.8 Å². The predicted molar refractivity (Wildman–Crippen MR) is 48.0 cm³/mol. The Labute approximate surface area is 74.4 Å². The number of nitrogens with one attached hydrogen (secondary N) is 1. The molecule has 0 amide bonds. The first-order valence-corrected chi connectivity index (χ1v) is 4.82. The van der Waals surface area contributed by atoms with Crippen LogP contribution in [0.5, 0.6) is 0 Å². The van der Waals surface area contributed by atoms with Gasteiger partial charge >= 0.3 is 0 Å². The van der Waals surface area contributed by atoms with E-state index < -0.39 is 0 Å². The van der Waals surface area contributed by atoms with Crippen LogP contribution in [0.15, 0.2) is 0 Å². The molecule has 1 unspecified atom stereocenters. The van der Waals surface area contributed by atoms with E-state index in [9.17, 15) is 0 Å². The highest BCUT2D eigenvalue weighted by molar-refractivity contribution is 4.73. The Bertz CT molecular complexity index is 107. The average molecular weight is 173 g/mol. The van der Waals surface area contributed by atoms with Crippen LogP contribution in [-0.2, 0) is 9.47 Å². The molecular formula is C9H19NO2. The predicted octanol–water partition coefficient (Wildman–Crippen LogP) is 0.995. The number of rotatable bonds is 5. The number of hydrogen-bond acceptors (Lipinski definition) is 3. The first-order chi connectivity index (χ1) is 5.88. The fourth-order valence-corrected chi connectivity index (χ4v) is 1.56. The maximum Gasteiger partial charge on any atom is 0.161 e. The van der Waals surface area contributed by atoms with E-state index in [4.69, 9.17) is 9.47 Å². The molecule has 0 saturated carbocycles. The Morgan fingerprint density at radius 3 is 2.42 bits per heavy atom. The summed E-state index contributed by atoms with van der Waals surface area (Å²) in [6.45, 7) is 7.62. The average Bonchev–Trinajstić information content (AvgIpc) is 2.56. The second-order valence-corrected chi connectivity index (χ2v) is 3.03. The minimum atomic E-state index is 0.00926. The lowest BCUT2D eigenvalue weighted by atomic mass is 10.1. The van der Waals surface area contributed by atoms with Crippen molar-refractivity contribution in [3.05, 3.63) is 0 Å². The second-order valence-electron chi connectivity index (χ2n) is 3.03. The summed E-state index contributed by atoms with van der Waals surface area (Å²) >= 11 is 0. The van der Waals surface area contributed by atoms with E-state index in [1.165, 1.54) is 6.42 Å². The van der Waals surface area contributed by atoms with Gasteiger partial charge in [-0.2, -0.15) is 0 Å². The van der Waals surface area contributed by atoms with Crippen LogP contribution in [0.4, 0.5) is 0 Å². The fraction of sp³-hybridized carbons (Fsp3) is 1.00. The van der Waals surface area contributed by atoms with Gasteiger partial charge in [-0.3, -0.25) is 0 Å². The summed E-state index contributed by atoms with van der Waals surface area (Å²) in [4.78, 5) is 0. The topological polar surface area (TPSA) is 30.5 Å². The molecule has 1 aliphatic heterocycles. The van der Waals surface area contributed by atoms with Crippen LogP contribution in [0.25, 0.3) is 0 Å². The monoisotopic (exact) mass is 173 g/mol. The summed E-state index contributed by atoms with van der Waals surface area (Å²) in [6, 6.07) is 0. The van der Waals surface area contributed by atoms with E-state index in [1.54, 1.807) is 0 Å². The van der Waals surface area contributed by atoms with E-state index in [2.05, 4.69) is 5.32 Å². The molecule has 72 valence electrons. The quantitative estimate of drug-likeness (QED) is 0.629. The minimum Gasteiger partial charge on any atom is -0.353 e. The molecule has 0 aliphatic carbocycles. The smallest absolute Gasteiger partial charge is 0.161 e. The lowest BCUT2D eigenvalue weighted by Crippen LogP contribution is -2.28. The van der Waals surface area contributed by atoms with Gasteiger partial charge in [-0.1, -0.05) is 0 Å². The standard InChI is InChI=1S/C9H19NO2/c1-3-11-9(12-4-2)8-5-6-10-7-8/h8-10H,3-7H2,1-2H3. The fourth-order valence-electron chi connectivity index (χ4n) is 1.56. The molecular weight excluding hydrogens is 154 g/mol. The largest absolute Gasteiger partial charge is 0.353 e. The van der Waals surface area contributed by atoms with Crippen LogP contribution in [0, 0.1) is 5.92 Å². The zero-order valence-electron chi connectivity index (χ0n) is 8.01. The Morgan fingerprint density at radius 2 is 2.00 bits per heavy atom. The van der Waals surface area contributed by atoms with Gasteiger partial charge in [0.05, 0.1) is 0 Å². The highest BCUT2D eigenvalue weighted by Crippen LogP contribution is 2.16. The third kappa shape index (κ3) is 2.73. The van der Waals surface area contributed by atoms with Gasteiger partial charge in [0.1, 0.15) is 0 Å². The zero-order valence-corrected chi connectivity index (χ0v) is 8.01. The highest BCUT2D eigenvalue weighted by atomic mass is 16.7. The van der Waals surface area contributed by atoms with Crippen LogP contribution in [-0.4, -0.2) is 32.6 Å². The minimum absolute atomic E-state index is 0.00926. The molecule has 0 spiro atoms. The van der Waals surface area contributed by atoms with Gasteiger partial charge in [-0.05, 0) is 26.8 Å². The van der Waals surface area contributed by atoms with Gasteiger partial charge in [-0.15, -0.1) is 0 Å². The lowest BCUT2D eigenvalue weighted by Gasteiger charge is -2.22. The Morgan fingerprint density at radius 1 is 1.33 bits per heavy atom. The van der Waals surface area contributed by atoms with Crippen molar-refractivity contribution in [1.82, 2.24) is 5.32 Å². The van der Waals surface area contributed by atoms with Gasteiger partial charge in [-0.25, -0.2) is 0 Å². The number of ether oxygens (including phenoxy) is 2. The molecule has 1 rings (SSSR count). The molecule has 3 nitrogen and oxygen atoms in total. The van der Waals surface area contributed by atoms with Crippen LogP contribution < -0.4 is 5.32 Å². The van der Waals surface area contributed by atoms with Gasteiger partial charge in [0.15, 0.2) is 6.29 Å². The molecule has 1 aliphatic rings. The van der Waals surface area contributed by atoms with Crippen molar-refractivity contribution in [1.29, 1.82) is 0 Å². The third-order valence-electron chi connectivity index (χ3n) is 2.15. The van der Waals surface area contributed by atoms with E-state index >= 15 is 0 Å². The molecule has 0 bridgehead atoms. The van der Waals surface area contributed by atoms with Crippen LogP contribution in [0.3, 0.4) is 0 Å². The first kappa shape index (κ1) is 9.96. The maximum atomic E-state index is 5.50. The normalized spacial score (nSPS) is 23.8. The summed E-state index contributed by atoms with van der Waals surface area (Å²) in [6.07, 6.45) is 1.18. The van der Waals surface area contributed by atoms with Crippen molar-refractivity contribution in [2.45, 2.75) is 26.6 Å². The molecule has 12 heavy (non-hydrogen) atoms. The van der Waals surface area contributed by atoms with Crippen molar-refractivity contribution in [3.63, 3.8) is 0 Å². The van der Waals surface area contributed by atoms with Crippen molar-refractivity contribution < 1.29 is 9.47 Å². The van der Waals surface area contributed by atoms with Gasteiger partial charge < -0.3 is 14.8 Å². The third-order valence-corrected chi connectivity index (χ3v) is 2.15. The highest BCUT2D eigenvalue weighted by Gasteiger charge is 2.25. The summed E-state index contributed by atoms with van der Waals surface area (Å²) in [7, 11) is 0. The van der Waals surface area contributed by atoms with E-state index in [0.717, 1.165) is 26.3 Å². The molecule has 0 aromatic heterocycles. The molecule has 1 fully saturated rings. The summed E-state index contributed by atoms with van der Waals surface area (Å²) in [5, 5.41) is 3.31. The summed E-state index contributed by atoms with van der Waals surface area (Å²) in [5.74, 6) is 0.546. The van der Waals surface area contributed by atoms with Gasteiger partial charge in [0.25, 0.3) is 0 Å². The summed E-state index contributed by atoms with van der Waals surface area (Å²) in [5.41, 5.74) is 0. The Kier molecular flexibility index (Phi) is 4.58. The SMILES string of the molecule is CCOC(OCC)C1CCNC1. The van der Waals surface area contributed by atoms with Crippen molar-refractivity contribution >= 4 is 0 Å². The molecule has 0 aromatic carbocycles. The van der Waals surface area contributed by atoms with Gasteiger partial charge in [0.2, 0.25) is 0 Å². The lowest BCUT2D eigenvalue weighted by molar-refractivity contribution is -0.162. The molecule has 0 radical (unpaired) electrons. The van der Waals surface area contributed by atoms with E-state index in [0.29, 0.717) is 5.92 Å². The maximum absolute atomic E-state index is 5.50. The Balaban J connectivity index is 2.29. The summed E-state index contributed by atoms with van der Waals surface area (Å²) < 4.78 is 11.0. The zero-order chi connectivity index (χ0) is 8.81. The van der Waals surface area contributed by atoms with Crippen LogP contribution in [0.2, 0.25) is 0 Å². The molecule has 1 N–H and O–H groups in total. The van der Waals surface area contributed by atoms with Crippen LogP contribution >= 0.6 is 0 Å². The van der Waals surface area contributed by atoms with Crippen molar-refractivity contribution in [2.75, 3.05) is 26.3 Å². The number of hydrogen-bond donors (Lipinski definition) is 1. The van der Waals surface area contributed by atoms with Crippen molar-refractivity contribution in [2.24, 2.45) is 5.92 Å². The molecule has 1 heterocycles. The molecule has 0 aromatic rings. The van der Waals surface area contributed by atoms with Gasteiger partial charge in [0, 0.05) is 25.7 Å². The van der Waals surface area contributed by atoms with Crippen molar-refractivity contribution in [3.8, 4) is 0 Å².